The molecular formula is C14H13ClN2O2. The van der Waals surface area contributed by atoms with E-state index in [4.69, 9.17) is 22.1 Å². The van der Waals surface area contributed by atoms with E-state index in [1.165, 1.54) is 7.11 Å². The van der Waals surface area contributed by atoms with Crippen LogP contribution in [0.25, 0.3) is 0 Å². The van der Waals surface area contributed by atoms with E-state index in [2.05, 4.69) is 5.32 Å². The smallest absolute Gasteiger partial charge is 0.255 e. The molecule has 0 aliphatic rings. The number of nitrogen functional groups attached to an aromatic ring is 1. The fourth-order valence-electron chi connectivity index (χ4n) is 1.64. The van der Waals surface area contributed by atoms with Gasteiger partial charge < -0.3 is 15.8 Å². The number of nitrogens with two attached hydrogens (primary N) is 1. The Kier molecular flexibility index (Phi) is 3.92. The molecule has 0 spiro atoms. The van der Waals surface area contributed by atoms with Crippen LogP contribution in [0, 0.1) is 0 Å². The number of carbonyl (C=O) groups excluding carboxylic acids is 1. The Hall–Kier alpha value is -2.20. The third kappa shape index (κ3) is 3.17. The number of nitrogens with one attached hydrogen (secondary N) is 1. The van der Waals surface area contributed by atoms with Crippen LogP contribution in [0.4, 0.5) is 11.4 Å². The molecule has 0 saturated carbocycles. The molecule has 0 saturated heterocycles. The lowest BCUT2D eigenvalue weighted by Crippen LogP contribution is -2.12. The fourth-order valence-corrected chi connectivity index (χ4v) is 1.83. The first-order valence-corrected chi connectivity index (χ1v) is 5.98. The summed E-state index contributed by atoms with van der Waals surface area (Å²) in [5.41, 5.74) is 7.26. The highest BCUT2D eigenvalue weighted by Gasteiger charge is 2.10. The number of hydrogen-bond acceptors (Lipinski definition) is 3. The molecule has 98 valence electrons. The Morgan fingerprint density at radius 1 is 1.26 bits per heavy atom. The van der Waals surface area contributed by atoms with Gasteiger partial charge in [0.15, 0.2) is 0 Å². The van der Waals surface area contributed by atoms with Crippen molar-refractivity contribution in [2.45, 2.75) is 0 Å². The zero-order valence-electron chi connectivity index (χ0n) is 10.3. The van der Waals surface area contributed by atoms with Gasteiger partial charge in [0, 0.05) is 22.3 Å². The van der Waals surface area contributed by atoms with Crippen LogP contribution < -0.4 is 15.8 Å². The number of ether oxygens (including phenoxy) is 1. The second-order valence-corrected chi connectivity index (χ2v) is 4.36. The monoisotopic (exact) mass is 276 g/mol. The first kappa shape index (κ1) is 13.2. The Morgan fingerprint density at radius 3 is 2.74 bits per heavy atom. The predicted octanol–water partition coefficient (Wildman–Crippen LogP) is 3.18. The van der Waals surface area contributed by atoms with Gasteiger partial charge in [-0.3, -0.25) is 4.79 Å². The molecule has 2 aromatic rings. The standard InChI is InChI=1S/C14H13ClN2O2/c1-19-13-8-11(16)5-6-12(13)17-14(18)9-3-2-4-10(15)7-9/h2-8H,16H2,1H3,(H,17,18). The van der Waals surface area contributed by atoms with Crippen molar-refractivity contribution in [3.05, 3.63) is 53.1 Å². The number of carbonyl (C=O) groups is 1. The lowest BCUT2D eigenvalue weighted by molar-refractivity contribution is 0.102. The molecule has 0 fully saturated rings. The molecule has 0 radical (unpaired) electrons. The summed E-state index contributed by atoms with van der Waals surface area (Å²) in [6.45, 7) is 0. The summed E-state index contributed by atoms with van der Waals surface area (Å²) in [5.74, 6) is 0.251. The maximum Gasteiger partial charge on any atom is 0.255 e. The number of benzene rings is 2. The van der Waals surface area contributed by atoms with E-state index in [1.54, 1.807) is 42.5 Å². The Labute approximate surface area is 116 Å². The van der Waals surface area contributed by atoms with E-state index in [-0.39, 0.29) is 5.91 Å². The second kappa shape index (κ2) is 5.63. The molecule has 3 N–H and O–H groups in total. The minimum absolute atomic E-state index is 0.259. The van der Waals surface area contributed by atoms with Crippen LogP contribution in [0.2, 0.25) is 5.02 Å². The van der Waals surface area contributed by atoms with Crippen LogP contribution in [0.5, 0.6) is 5.75 Å². The fraction of sp³-hybridized carbons (Fsp3) is 0.0714. The summed E-state index contributed by atoms with van der Waals surface area (Å²) in [7, 11) is 1.52. The highest BCUT2D eigenvalue weighted by molar-refractivity contribution is 6.31. The molecule has 0 atom stereocenters. The van der Waals surface area contributed by atoms with Gasteiger partial charge in [-0.2, -0.15) is 0 Å². The van der Waals surface area contributed by atoms with Crippen LogP contribution in [0.3, 0.4) is 0 Å². The molecule has 5 heteroatoms. The summed E-state index contributed by atoms with van der Waals surface area (Å²) in [6, 6.07) is 11.7. The van der Waals surface area contributed by atoms with Crippen molar-refractivity contribution in [1.82, 2.24) is 0 Å². The zero-order valence-corrected chi connectivity index (χ0v) is 11.1. The first-order valence-electron chi connectivity index (χ1n) is 5.60. The van der Waals surface area contributed by atoms with Crippen molar-refractivity contribution in [2.24, 2.45) is 0 Å². The van der Waals surface area contributed by atoms with E-state index in [1.807, 2.05) is 0 Å². The van der Waals surface area contributed by atoms with Crippen molar-refractivity contribution in [3.8, 4) is 5.75 Å². The van der Waals surface area contributed by atoms with Crippen molar-refractivity contribution >= 4 is 28.9 Å². The molecule has 1 amide bonds. The molecule has 2 rings (SSSR count). The number of methoxy groups -OCH3 is 1. The van der Waals surface area contributed by atoms with Gasteiger partial charge in [0.05, 0.1) is 12.8 Å². The largest absolute Gasteiger partial charge is 0.494 e. The van der Waals surface area contributed by atoms with Crippen LogP contribution in [0.15, 0.2) is 42.5 Å². The van der Waals surface area contributed by atoms with Crippen molar-refractivity contribution in [1.29, 1.82) is 0 Å². The van der Waals surface area contributed by atoms with E-state index in [0.717, 1.165) is 0 Å². The molecule has 0 aliphatic carbocycles. The predicted molar refractivity (Wildman–Crippen MR) is 76.8 cm³/mol. The first-order chi connectivity index (χ1) is 9.10. The minimum atomic E-state index is -0.259. The molecule has 0 aliphatic heterocycles. The summed E-state index contributed by atoms with van der Waals surface area (Å²) in [4.78, 5) is 12.1. The normalized spacial score (nSPS) is 10.0. The van der Waals surface area contributed by atoms with Gasteiger partial charge in [0.2, 0.25) is 0 Å². The molecular weight excluding hydrogens is 264 g/mol. The molecule has 0 unspecified atom stereocenters. The molecule has 0 aromatic heterocycles. The number of rotatable bonds is 3. The van der Waals surface area contributed by atoms with Crippen molar-refractivity contribution < 1.29 is 9.53 Å². The Bertz CT molecular complexity index is 614. The van der Waals surface area contributed by atoms with Gasteiger partial charge in [0.25, 0.3) is 5.91 Å². The minimum Gasteiger partial charge on any atom is -0.494 e. The third-order valence-corrected chi connectivity index (χ3v) is 2.80. The summed E-state index contributed by atoms with van der Waals surface area (Å²) >= 11 is 5.85. The maximum atomic E-state index is 12.1. The van der Waals surface area contributed by atoms with Crippen LogP contribution in [-0.2, 0) is 0 Å². The number of anilines is 2. The Balaban J connectivity index is 2.24. The van der Waals surface area contributed by atoms with Crippen molar-refractivity contribution in [3.63, 3.8) is 0 Å². The highest BCUT2D eigenvalue weighted by Crippen LogP contribution is 2.27. The van der Waals surface area contributed by atoms with Gasteiger partial charge >= 0.3 is 0 Å². The molecule has 4 nitrogen and oxygen atoms in total. The van der Waals surface area contributed by atoms with Crippen LogP contribution in [0.1, 0.15) is 10.4 Å². The second-order valence-electron chi connectivity index (χ2n) is 3.92. The van der Waals surface area contributed by atoms with Gasteiger partial charge in [-0.05, 0) is 30.3 Å². The van der Waals surface area contributed by atoms with Gasteiger partial charge in [-0.15, -0.1) is 0 Å². The average molecular weight is 277 g/mol. The summed E-state index contributed by atoms with van der Waals surface area (Å²) in [6.07, 6.45) is 0. The number of amides is 1. The van der Waals surface area contributed by atoms with Crippen LogP contribution >= 0.6 is 11.6 Å². The maximum absolute atomic E-state index is 12.1. The van der Waals surface area contributed by atoms with Gasteiger partial charge in [0.1, 0.15) is 5.75 Å². The number of halogens is 1. The average Bonchev–Trinajstić information content (AvgIpc) is 2.40. The van der Waals surface area contributed by atoms with E-state index >= 15 is 0 Å². The van der Waals surface area contributed by atoms with Crippen LogP contribution in [-0.4, -0.2) is 13.0 Å². The topological polar surface area (TPSA) is 64.3 Å². The molecule has 0 bridgehead atoms. The molecule has 0 heterocycles. The quantitative estimate of drug-likeness (QED) is 0.846. The van der Waals surface area contributed by atoms with E-state index in [9.17, 15) is 4.79 Å². The van der Waals surface area contributed by atoms with Crippen molar-refractivity contribution in [2.75, 3.05) is 18.2 Å². The lowest BCUT2D eigenvalue weighted by atomic mass is 10.2. The SMILES string of the molecule is COc1cc(N)ccc1NC(=O)c1cccc(Cl)c1. The Morgan fingerprint density at radius 2 is 2.05 bits per heavy atom. The van der Waals surface area contributed by atoms with Gasteiger partial charge in [-0.25, -0.2) is 0 Å². The highest BCUT2D eigenvalue weighted by atomic mass is 35.5. The molecule has 19 heavy (non-hydrogen) atoms. The molecule has 2 aromatic carbocycles. The lowest BCUT2D eigenvalue weighted by Gasteiger charge is -2.11. The van der Waals surface area contributed by atoms with E-state index < -0.39 is 0 Å². The zero-order chi connectivity index (χ0) is 13.8. The van der Waals surface area contributed by atoms with Gasteiger partial charge in [-0.1, -0.05) is 17.7 Å². The summed E-state index contributed by atoms with van der Waals surface area (Å²) in [5, 5.41) is 3.27. The third-order valence-electron chi connectivity index (χ3n) is 2.56. The number of hydrogen-bond donors (Lipinski definition) is 2. The summed E-state index contributed by atoms with van der Waals surface area (Å²) < 4.78 is 5.17. The van der Waals surface area contributed by atoms with E-state index in [0.29, 0.717) is 27.7 Å².